The van der Waals surface area contributed by atoms with Gasteiger partial charge in [0.05, 0.1) is 6.61 Å². The molecule has 5 heteroatoms. The molecule has 0 bridgehead atoms. The first-order valence-corrected chi connectivity index (χ1v) is 10.6. The van der Waals surface area contributed by atoms with Gasteiger partial charge in [-0.05, 0) is 56.4 Å². The SMILES string of the molecule is CCOc1cc(CNCc2ccc(C)cc2)ccc1OCC(=O)N1CCCCC1. The molecule has 2 aromatic carbocycles. The Morgan fingerprint density at radius 1 is 0.931 bits per heavy atom. The molecular formula is C24H32N2O3. The standard InChI is InChI=1S/C24H32N2O3/c1-3-28-23-15-21(17-25-16-20-9-7-19(2)8-10-20)11-12-22(23)29-18-24(27)26-13-5-4-6-14-26/h7-12,15,25H,3-6,13-14,16-18H2,1-2H3. The number of nitrogens with one attached hydrogen (secondary N) is 1. The second kappa shape index (κ2) is 10.9. The molecule has 0 spiro atoms. The third kappa shape index (κ3) is 6.50. The van der Waals surface area contributed by atoms with Crippen molar-refractivity contribution in [1.82, 2.24) is 10.2 Å². The van der Waals surface area contributed by atoms with Crippen LogP contribution in [0.4, 0.5) is 0 Å². The van der Waals surface area contributed by atoms with Crippen molar-refractivity contribution in [2.45, 2.75) is 46.2 Å². The molecule has 1 aliphatic rings. The molecule has 3 rings (SSSR count). The molecule has 1 saturated heterocycles. The van der Waals surface area contributed by atoms with E-state index in [2.05, 4.69) is 36.5 Å². The largest absolute Gasteiger partial charge is 0.490 e. The summed E-state index contributed by atoms with van der Waals surface area (Å²) in [5, 5.41) is 3.46. The van der Waals surface area contributed by atoms with Gasteiger partial charge in [0, 0.05) is 26.2 Å². The molecule has 0 radical (unpaired) electrons. The van der Waals surface area contributed by atoms with Crippen molar-refractivity contribution in [3.63, 3.8) is 0 Å². The molecule has 1 heterocycles. The van der Waals surface area contributed by atoms with Crippen LogP contribution in [0.2, 0.25) is 0 Å². The molecule has 1 amide bonds. The van der Waals surface area contributed by atoms with Gasteiger partial charge in [-0.2, -0.15) is 0 Å². The van der Waals surface area contributed by atoms with Crippen LogP contribution in [0.3, 0.4) is 0 Å². The number of benzene rings is 2. The van der Waals surface area contributed by atoms with Gasteiger partial charge < -0.3 is 19.7 Å². The molecule has 156 valence electrons. The van der Waals surface area contributed by atoms with Gasteiger partial charge in [-0.3, -0.25) is 4.79 Å². The Hall–Kier alpha value is -2.53. The Morgan fingerprint density at radius 3 is 2.34 bits per heavy atom. The molecule has 2 aromatic rings. The van der Waals surface area contributed by atoms with Crippen molar-refractivity contribution in [3.8, 4) is 11.5 Å². The van der Waals surface area contributed by atoms with E-state index in [4.69, 9.17) is 9.47 Å². The van der Waals surface area contributed by atoms with Crippen LogP contribution in [0, 0.1) is 6.92 Å². The monoisotopic (exact) mass is 396 g/mol. The van der Waals surface area contributed by atoms with Crippen molar-refractivity contribution in [1.29, 1.82) is 0 Å². The second-order valence-corrected chi connectivity index (χ2v) is 7.53. The number of amides is 1. The lowest BCUT2D eigenvalue weighted by atomic mass is 10.1. The Morgan fingerprint density at radius 2 is 1.62 bits per heavy atom. The quantitative estimate of drug-likeness (QED) is 0.694. The fourth-order valence-electron chi connectivity index (χ4n) is 3.48. The molecule has 1 fully saturated rings. The maximum Gasteiger partial charge on any atom is 0.260 e. The van der Waals surface area contributed by atoms with E-state index in [1.54, 1.807) is 0 Å². The third-order valence-corrected chi connectivity index (χ3v) is 5.15. The zero-order valence-electron chi connectivity index (χ0n) is 17.6. The predicted molar refractivity (Wildman–Crippen MR) is 115 cm³/mol. The summed E-state index contributed by atoms with van der Waals surface area (Å²) in [5.74, 6) is 1.36. The lowest BCUT2D eigenvalue weighted by molar-refractivity contribution is -0.134. The highest BCUT2D eigenvalue weighted by atomic mass is 16.5. The molecule has 0 aromatic heterocycles. The first kappa shape index (κ1) is 21.2. The Bertz CT molecular complexity index is 783. The fourth-order valence-corrected chi connectivity index (χ4v) is 3.48. The third-order valence-electron chi connectivity index (χ3n) is 5.15. The number of piperidine rings is 1. The Labute approximate surface area is 174 Å². The van der Waals surface area contributed by atoms with Crippen LogP contribution >= 0.6 is 0 Å². The van der Waals surface area contributed by atoms with Crippen molar-refractivity contribution in [2.24, 2.45) is 0 Å². The van der Waals surface area contributed by atoms with Crippen molar-refractivity contribution in [3.05, 3.63) is 59.2 Å². The number of hydrogen-bond acceptors (Lipinski definition) is 4. The number of aryl methyl sites for hydroxylation is 1. The van der Waals surface area contributed by atoms with Crippen LogP contribution in [-0.2, 0) is 17.9 Å². The summed E-state index contributed by atoms with van der Waals surface area (Å²) >= 11 is 0. The molecule has 0 atom stereocenters. The van der Waals surface area contributed by atoms with Gasteiger partial charge in [0.2, 0.25) is 0 Å². The number of rotatable bonds is 9. The van der Waals surface area contributed by atoms with Crippen LogP contribution in [-0.4, -0.2) is 37.1 Å². The summed E-state index contributed by atoms with van der Waals surface area (Å²) in [6.45, 7) is 7.88. The van der Waals surface area contributed by atoms with Gasteiger partial charge in [-0.1, -0.05) is 35.9 Å². The van der Waals surface area contributed by atoms with Gasteiger partial charge in [0.25, 0.3) is 5.91 Å². The van der Waals surface area contributed by atoms with Crippen LogP contribution in [0.1, 0.15) is 42.9 Å². The number of ether oxygens (including phenoxy) is 2. The maximum atomic E-state index is 12.4. The Balaban J connectivity index is 1.54. The molecule has 1 aliphatic heterocycles. The predicted octanol–water partition coefficient (Wildman–Crippen LogP) is 4.07. The van der Waals surface area contributed by atoms with E-state index in [-0.39, 0.29) is 12.5 Å². The lowest BCUT2D eigenvalue weighted by Crippen LogP contribution is -2.38. The maximum absolute atomic E-state index is 12.4. The summed E-state index contributed by atoms with van der Waals surface area (Å²) in [5.41, 5.74) is 3.65. The Kier molecular flexibility index (Phi) is 7.94. The van der Waals surface area contributed by atoms with Gasteiger partial charge in [0.1, 0.15) is 0 Å². The highest BCUT2D eigenvalue weighted by Gasteiger charge is 2.17. The number of likely N-dealkylation sites (tertiary alicyclic amines) is 1. The van der Waals surface area contributed by atoms with E-state index < -0.39 is 0 Å². The number of carbonyl (C=O) groups is 1. The first-order valence-electron chi connectivity index (χ1n) is 10.6. The van der Waals surface area contributed by atoms with Gasteiger partial charge >= 0.3 is 0 Å². The van der Waals surface area contributed by atoms with E-state index in [0.29, 0.717) is 18.1 Å². The smallest absolute Gasteiger partial charge is 0.260 e. The fraction of sp³-hybridized carbons (Fsp3) is 0.458. The van der Waals surface area contributed by atoms with Crippen molar-refractivity contribution >= 4 is 5.91 Å². The van der Waals surface area contributed by atoms with Gasteiger partial charge in [0.15, 0.2) is 18.1 Å². The normalized spacial score (nSPS) is 13.9. The molecule has 1 N–H and O–H groups in total. The highest BCUT2D eigenvalue weighted by Crippen LogP contribution is 2.28. The molecule has 0 saturated carbocycles. The van der Waals surface area contributed by atoms with E-state index in [9.17, 15) is 4.79 Å². The average molecular weight is 397 g/mol. The number of hydrogen-bond donors (Lipinski definition) is 1. The summed E-state index contributed by atoms with van der Waals surface area (Å²) in [6, 6.07) is 14.5. The van der Waals surface area contributed by atoms with Gasteiger partial charge in [-0.25, -0.2) is 0 Å². The number of nitrogens with zero attached hydrogens (tertiary/aromatic N) is 1. The lowest BCUT2D eigenvalue weighted by Gasteiger charge is -2.26. The first-order chi connectivity index (χ1) is 14.2. The van der Waals surface area contributed by atoms with E-state index >= 15 is 0 Å². The second-order valence-electron chi connectivity index (χ2n) is 7.53. The highest BCUT2D eigenvalue weighted by molar-refractivity contribution is 5.78. The van der Waals surface area contributed by atoms with E-state index in [1.807, 2.05) is 30.0 Å². The van der Waals surface area contributed by atoms with Crippen LogP contribution in [0.5, 0.6) is 11.5 Å². The summed E-state index contributed by atoms with van der Waals surface area (Å²) in [7, 11) is 0. The zero-order chi connectivity index (χ0) is 20.5. The topological polar surface area (TPSA) is 50.8 Å². The molecule has 29 heavy (non-hydrogen) atoms. The van der Waals surface area contributed by atoms with Gasteiger partial charge in [-0.15, -0.1) is 0 Å². The van der Waals surface area contributed by atoms with Crippen molar-refractivity contribution < 1.29 is 14.3 Å². The molecule has 0 aliphatic carbocycles. The van der Waals surface area contributed by atoms with E-state index in [1.165, 1.54) is 17.5 Å². The molecule has 5 nitrogen and oxygen atoms in total. The minimum absolute atomic E-state index is 0.0518. The summed E-state index contributed by atoms with van der Waals surface area (Å²) < 4.78 is 11.6. The average Bonchev–Trinajstić information content (AvgIpc) is 2.75. The van der Waals surface area contributed by atoms with Crippen LogP contribution < -0.4 is 14.8 Å². The molecular weight excluding hydrogens is 364 g/mol. The summed E-state index contributed by atoms with van der Waals surface area (Å²) in [6.07, 6.45) is 3.37. The van der Waals surface area contributed by atoms with Crippen LogP contribution in [0.25, 0.3) is 0 Å². The minimum Gasteiger partial charge on any atom is -0.490 e. The zero-order valence-corrected chi connectivity index (χ0v) is 17.6. The molecule has 0 unspecified atom stereocenters. The van der Waals surface area contributed by atoms with Crippen LogP contribution in [0.15, 0.2) is 42.5 Å². The van der Waals surface area contributed by atoms with Crippen molar-refractivity contribution in [2.75, 3.05) is 26.3 Å². The van der Waals surface area contributed by atoms with E-state index in [0.717, 1.165) is 44.6 Å². The summed E-state index contributed by atoms with van der Waals surface area (Å²) in [4.78, 5) is 14.3. The number of carbonyl (C=O) groups excluding carboxylic acids is 1. The minimum atomic E-state index is 0.0518.